The van der Waals surface area contributed by atoms with Crippen molar-refractivity contribution in [3.63, 3.8) is 0 Å². The molecule has 3 nitrogen and oxygen atoms in total. The van der Waals surface area contributed by atoms with Gasteiger partial charge in [0, 0.05) is 28.9 Å². The number of hydrogen-bond donors (Lipinski definition) is 2. The fraction of sp³-hybridized carbons (Fsp3) is 0.250. The smallest absolute Gasteiger partial charge is 0.243 e. The van der Waals surface area contributed by atoms with Crippen molar-refractivity contribution in [2.45, 2.75) is 20.8 Å². The minimum absolute atomic E-state index is 0.188. The fourth-order valence-corrected chi connectivity index (χ4v) is 2.05. The van der Waals surface area contributed by atoms with Crippen molar-refractivity contribution in [3.8, 4) is 0 Å². The number of amides is 1. The van der Waals surface area contributed by atoms with E-state index in [1.807, 2.05) is 57.2 Å². The number of allylic oxidation sites excluding steroid dienone is 11. The molecule has 0 saturated carbocycles. The van der Waals surface area contributed by atoms with E-state index in [9.17, 15) is 4.79 Å². The van der Waals surface area contributed by atoms with Crippen LogP contribution < -0.4 is 10.6 Å². The Hall–Kier alpha value is -1.97. The number of halogens is 2. The van der Waals surface area contributed by atoms with Crippen molar-refractivity contribution in [2.75, 3.05) is 13.1 Å². The number of nitrogens with one attached hydrogen (secondary N) is 2. The molecule has 0 aliphatic heterocycles. The molecule has 0 rings (SSSR count). The Morgan fingerprint density at radius 3 is 2.32 bits per heavy atom. The minimum atomic E-state index is -0.188. The van der Waals surface area contributed by atoms with Gasteiger partial charge >= 0.3 is 0 Å². The summed E-state index contributed by atoms with van der Waals surface area (Å²) in [4.78, 5) is 11.1. The van der Waals surface area contributed by atoms with Crippen molar-refractivity contribution in [2.24, 2.45) is 0 Å². The summed E-state index contributed by atoms with van der Waals surface area (Å²) >= 11 is 12.3. The number of hydrogen-bond acceptors (Lipinski definition) is 2. The molecule has 0 heterocycles. The Bertz CT molecular complexity index is 624. The van der Waals surface area contributed by atoms with Crippen LogP contribution in [0.15, 0.2) is 82.6 Å². The third kappa shape index (κ3) is 12.1. The summed E-state index contributed by atoms with van der Waals surface area (Å²) in [7, 11) is 0. The lowest BCUT2D eigenvalue weighted by Gasteiger charge is -2.07. The van der Waals surface area contributed by atoms with Crippen LogP contribution in [0.3, 0.4) is 0 Å². The molecular formula is C20H26Cl2N2O. The van der Waals surface area contributed by atoms with E-state index in [4.69, 9.17) is 23.2 Å². The first-order chi connectivity index (χ1) is 11.9. The molecule has 0 aliphatic carbocycles. The maximum atomic E-state index is 11.1. The third-order valence-corrected chi connectivity index (χ3v) is 3.53. The Morgan fingerprint density at radius 2 is 1.72 bits per heavy atom. The summed E-state index contributed by atoms with van der Waals surface area (Å²) in [5, 5.41) is 7.10. The first-order valence-electron chi connectivity index (χ1n) is 7.96. The highest BCUT2D eigenvalue weighted by atomic mass is 35.5. The molecule has 0 aromatic rings. The van der Waals surface area contributed by atoms with Crippen molar-refractivity contribution in [1.82, 2.24) is 10.6 Å². The first kappa shape index (κ1) is 23.0. The van der Waals surface area contributed by atoms with Crippen LogP contribution in [-0.4, -0.2) is 19.0 Å². The van der Waals surface area contributed by atoms with Gasteiger partial charge in [-0.2, -0.15) is 0 Å². The molecule has 0 fully saturated rings. The van der Waals surface area contributed by atoms with Crippen LogP contribution in [0.4, 0.5) is 0 Å². The van der Waals surface area contributed by atoms with Gasteiger partial charge in [0.05, 0.1) is 0 Å². The van der Waals surface area contributed by atoms with Gasteiger partial charge in [-0.1, -0.05) is 54.1 Å². The topological polar surface area (TPSA) is 41.1 Å². The molecular weight excluding hydrogens is 355 g/mol. The van der Waals surface area contributed by atoms with Gasteiger partial charge in [-0.15, -0.1) is 0 Å². The second-order valence-electron chi connectivity index (χ2n) is 4.96. The Balaban J connectivity index is 4.95. The molecule has 0 atom stereocenters. The van der Waals surface area contributed by atoms with Crippen molar-refractivity contribution in [3.05, 3.63) is 82.6 Å². The van der Waals surface area contributed by atoms with Gasteiger partial charge < -0.3 is 10.6 Å². The molecule has 0 spiro atoms. The highest BCUT2D eigenvalue weighted by Gasteiger charge is 1.97. The molecule has 0 aromatic heterocycles. The zero-order valence-electron chi connectivity index (χ0n) is 15.0. The summed E-state index contributed by atoms with van der Waals surface area (Å²) in [6.45, 7) is 10.3. The van der Waals surface area contributed by atoms with Crippen LogP contribution in [0, 0.1) is 0 Å². The largest absolute Gasteiger partial charge is 0.383 e. The van der Waals surface area contributed by atoms with Crippen LogP contribution in [0.1, 0.15) is 20.8 Å². The lowest BCUT2D eigenvalue weighted by Crippen LogP contribution is -2.30. The number of carbonyl (C=O) groups excluding carboxylic acids is 1. The molecule has 0 saturated heterocycles. The van der Waals surface area contributed by atoms with Gasteiger partial charge in [-0.25, -0.2) is 0 Å². The third-order valence-electron chi connectivity index (χ3n) is 2.89. The van der Waals surface area contributed by atoms with E-state index in [2.05, 4.69) is 17.2 Å². The Morgan fingerprint density at radius 1 is 1.04 bits per heavy atom. The lowest BCUT2D eigenvalue weighted by molar-refractivity contribution is -0.116. The zero-order valence-corrected chi connectivity index (χ0v) is 16.5. The van der Waals surface area contributed by atoms with Crippen LogP contribution in [0.2, 0.25) is 0 Å². The predicted octanol–water partition coefficient (Wildman–Crippen LogP) is 5.11. The molecule has 25 heavy (non-hydrogen) atoms. The molecule has 0 radical (unpaired) electrons. The van der Waals surface area contributed by atoms with Gasteiger partial charge in [0.25, 0.3) is 0 Å². The van der Waals surface area contributed by atoms with Crippen LogP contribution in [0.25, 0.3) is 0 Å². The number of rotatable bonds is 10. The van der Waals surface area contributed by atoms with Crippen LogP contribution in [-0.2, 0) is 4.79 Å². The molecule has 0 aromatic carbocycles. The predicted molar refractivity (Wildman–Crippen MR) is 111 cm³/mol. The second-order valence-corrected chi connectivity index (χ2v) is 5.81. The quantitative estimate of drug-likeness (QED) is 0.314. The van der Waals surface area contributed by atoms with E-state index in [1.54, 1.807) is 12.2 Å². The minimum Gasteiger partial charge on any atom is -0.383 e. The fourth-order valence-electron chi connectivity index (χ4n) is 1.57. The van der Waals surface area contributed by atoms with Crippen molar-refractivity contribution < 1.29 is 4.79 Å². The molecule has 0 aliphatic rings. The highest BCUT2D eigenvalue weighted by molar-refractivity contribution is 6.35. The maximum absolute atomic E-state index is 11.1. The van der Waals surface area contributed by atoms with E-state index in [-0.39, 0.29) is 5.91 Å². The SMILES string of the molecule is C=CC(=O)NCCNC(/C=C/C(C)=C(Cl)\C=C(Cl)/C=C/C)=C/C=C\C. The second kappa shape index (κ2) is 14.4. The summed E-state index contributed by atoms with van der Waals surface area (Å²) < 4.78 is 0. The average Bonchev–Trinajstić information content (AvgIpc) is 2.59. The summed E-state index contributed by atoms with van der Waals surface area (Å²) in [5.41, 5.74) is 1.79. The van der Waals surface area contributed by atoms with Gasteiger partial charge in [-0.05, 0) is 56.7 Å². The Kier molecular flexibility index (Phi) is 13.2. The molecule has 1 amide bonds. The van der Waals surface area contributed by atoms with Gasteiger partial charge in [-0.3, -0.25) is 4.79 Å². The van der Waals surface area contributed by atoms with E-state index < -0.39 is 0 Å². The molecule has 0 unspecified atom stereocenters. The van der Waals surface area contributed by atoms with Crippen LogP contribution >= 0.6 is 23.2 Å². The van der Waals surface area contributed by atoms with Crippen LogP contribution in [0.5, 0.6) is 0 Å². The maximum Gasteiger partial charge on any atom is 0.243 e. The number of carbonyl (C=O) groups is 1. The van der Waals surface area contributed by atoms with E-state index in [0.29, 0.717) is 23.2 Å². The van der Waals surface area contributed by atoms with Crippen molar-refractivity contribution >= 4 is 29.1 Å². The zero-order chi connectivity index (χ0) is 19.1. The monoisotopic (exact) mass is 380 g/mol. The molecule has 0 bridgehead atoms. The molecule has 5 heteroatoms. The van der Waals surface area contributed by atoms with E-state index >= 15 is 0 Å². The summed E-state index contributed by atoms with van der Waals surface area (Å²) in [6, 6.07) is 0. The van der Waals surface area contributed by atoms with E-state index in [1.165, 1.54) is 6.08 Å². The average molecular weight is 381 g/mol. The van der Waals surface area contributed by atoms with Gasteiger partial charge in [0.2, 0.25) is 5.91 Å². The summed E-state index contributed by atoms with van der Waals surface area (Å²) in [6.07, 6.45) is 16.2. The normalized spacial score (nSPS) is 14.3. The van der Waals surface area contributed by atoms with Crippen molar-refractivity contribution in [1.29, 1.82) is 0 Å². The lowest BCUT2D eigenvalue weighted by atomic mass is 10.2. The molecule has 136 valence electrons. The first-order valence-corrected chi connectivity index (χ1v) is 8.71. The van der Waals surface area contributed by atoms with E-state index in [0.717, 1.165) is 11.3 Å². The molecule has 2 N–H and O–H groups in total. The summed E-state index contributed by atoms with van der Waals surface area (Å²) in [5.74, 6) is -0.188. The van der Waals surface area contributed by atoms with Gasteiger partial charge in [0.1, 0.15) is 0 Å². The Labute approximate surface area is 161 Å². The van der Waals surface area contributed by atoms with Gasteiger partial charge in [0.15, 0.2) is 0 Å². The highest BCUT2D eigenvalue weighted by Crippen LogP contribution is 2.17. The standard InChI is InChI=1S/C20H26Cl2N2O/c1-5-8-10-18(23-13-14-24-20(25)7-3)12-11-16(4)19(22)15-17(21)9-6-2/h5-12,15,23H,3,13-14H2,1-2,4H3,(H,24,25)/b8-5-,9-6+,12-11+,17-15+,18-10+,19-16+.